The van der Waals surface area contributed by atoms with E-state index in [1.807, 2.05) is 6.07 Å². The zero-order valence-electron chi connectivity index (χ0n) is 19.6. The topological polar surface area (TPSA) is 89.3 Å². The summed E-state index contributed by atoms with van der Waals surface area (Å²) in [7, 11) is 0. The van der Waals surface area contributed by atoms with Gasteiger partial charge in [0.2, 0.25) is 0 Å². The van der Waals surface area contributed by atoms with Crippen molar-refractivity contribution >= 4 is 11.8 Å². The van der Waals surface area contributed by atoms with E-state index >= 15 is 0 Å². The van der Waals surface area contributed by atoms with Crippen molar-refractivity contribution in [3.05, 3.63) is 24.2 Å². The number of epoxide rings is 1. The maximum absolute atomic E-state index is 13.1. The Kier molecular flexibility index (Phi) is 3.84. The summed E-state index contributed by atoms with van der Waals surface area (Å²) in [4.78, 5) is 25.9. The quantitative estimate of drug-likeness (QED) is 0.518. The molecular formula is C26H34O6. The Morgan fingerprint density at radius 3 is 2.47 bits per heavy atom. The highest BCUT2D eigenvalue weighted by molar-refractivity contribution is 5.86. The van der Waals surface area contributed by atoms with Crippen LogP contribution in [0.25, 0.3) is 0 Å². The lowest BCUT2D eigenvalue weighted by Gasteiger charge is -2.69. The van der Waals surface area contributed by atoms with Gasteiger partial charge in [-0.15, -0.1) is 0 Å². The first-order valence-corrected chi connectivity index (χ1v) is 12.1. The zero-order valence-corrected chi connectivity index (χ0v) is 19.6. The van der Waals surface area contributed by atoms with Crippen molar-refractivity contribution in [2.24, 2.45) is 33.5 Å². The Morgan fingerprint density at radius 2 is 1.78 bits per heavy atom. The molecule has 1 aromatic heterocycles. The lowest BCUT2D eigenvalue weighted by molar-refractivity contribution is -0.259. The number of hydrogen-bond acceptors (Lipinski definition) is 6. The Morgan fingerprint density at radius 1 is 1.03 bits per heavy atom. The first-order valence-electron chi connectivity index (χ1n) is 12.1. The minimum atomic E-state index is -0.779. The molecule has 2 aliphatic heterocycles. The Hall–Kier alpha value is -1.66. The minimum Gasteiger partial charge on any atom is -0.472 e. The first-order chi connectivity index (χ1) is 14.9. The molecule has 1 spiro atoms. The molecule has 9 unspecified atom stereocenters. The van der Waals surface area contributed by atoms with Gasteiger partial charge in [-0.05, 0) is 49.0 Å². The molecule has 0 amide bonds. The number of esters is 1. The van der Waals surface area contributed by atoms with E-state index in [1.165, 1.54) is 0 Å². The molecular weight excluding hydrogens is 408 g/mol. The van der Waals surface area contributed by atoms with E-state index in [0.717, 1.165) is 24.8 Å². The molecule has 0 aromatic carbocycles. The molecule has 174 valence electrons. The summed E-state index contributed by atoms with van der Waals surface area (Å²) in [5.41, 5.74) is -1.56. The average Bonchev–Trinajstić information content (AvgIpc) is 3.30. The number of carbonyl (C=O) groups is 2. The highest BCUT2D eigenvalue weighted by atomic mass is 16.7. The van der Waals surface area contributed by atoms with Gasteiger partial charge in [0.15, 0.2) is 6.10 Å². The fourth-order valence-corrected chi connectivity index (χ4v) is 9.35. The minimum absolute atomic E-state index is 0.0928. The van der Waals surface area contributed by atoms with Crippen LogP contribution in [0.5, 0.6) is 0 Å². The number of furan rings is 1. The molecule has 0 bridgehead atoms. The van der Waals surface area contributed by atoms with Crippen molar-refractivity contribution in [3.8, 4) is 0 Å². The Balaban J connectivity index is 1.50. The van der Waals surface area contributed by atoms with Crippen LogP contribution in [0.15, 0.2) is 23.0 Å². The van der Waals surface area contributed by atoms with E-state index in [-0.39, 0.29) is 23.2 Å². The standard InChI is InChI=1S/C26H34O6/c1-22(2)16-12-18(28)25(5)15(23(16,3)9-7-17(22)27)6-10-24(4)19(14-8-11-30-13-14)31-21(29)20-26(24,25)32-20/h8,11,13,15-16,18-20,28H,6-7,9-10,12H2,1-5H3. The Bertz CT molecular complexity index is 998. The van der Waals surface area contributed by atoms with Crippen molar-refractivity contribution < 1.29 is 28.6 Å². The largest absolute Gasteiger partial charge is 0.472 e. The third kappa shape index (κ3) is 2.02. The van der Waals surface area contributed by atoms with Crippen LogP contribution >= 0.6 is 0 Å². The summed E-state index contributed by atoms with van der Waals surface area (Å²) in [6.07, 6.45) is 5.20. The van der Waals surface area contributed by atoms with Crippen LogP contribution in [0, 0.1) is 33.5 Å². The highest BCUT2D eigenvalue weighted by Gasteiger charge is 2.88. The van der Waals surface area contributed by atoms with Crippen LogP contribution in [0.3, 0.4) is 0 Å². The fraction of sp³-hybridized carbons (Fsp3) is 0.769. The average molecular weight is 443 g/mol. The van der Waals surface area contributed by atoms with Crippen LogP contribution in [0.4, 0.5) is 0 Å². The van der Waals surface area contributed by atoms with E-state index in [9.17, 15) is 14.7 Å². The van der Waals surface area contributed by atoms with Crippen LogP contribution in [-0.2, 0) is 19.1 Å². The van der Waals surface area contributed by atoms with E-state index < -0.39 is 40.2 Å². The summed E-state index contributed by atoms with van der Waals surface area (Å²) in [5.74, 6) is 0.234. The van der Waals surface area contributed by atoms with Crippen molar-refractivity contribution in [2.45, 2.75) is 90.6 Å². The molecule has 5 fully saturated rings. The number of ketones is 1. The van der Waals surface area contributed by atoms with E-state index in [1.54, 1.807) is 12.5 Å². The van der Waals surface area contributed by atoms with Crippen LogP contribution < -0.4 is 0 Å². The third-order valence-electron chi connectivity index (χ3n) is 11.0. The number of hydrogen-bond donors (Lipinski definition) is 1. The predicted octanol–water partition coefficient (Wildman–Crippen LogP) is 4.21. The molecule has 6 rings (SSSR count). The van der Waals surface area contributed by atoms with Crippen LogP contribution in [0.1, 0.15) is 78.4 Å². The van der Waals surface area contributed by atoms with Gasteiger partial charge < -0.3 is 19.0 Å². The smallest absolute Gasteiger partial charge is 0.339 e. The van der Waals surface area contributed by atoms with Gasteiger partial charge in [-0.2, -0.15) is 0 Å². The van der Waals surface area contributed by atoms with Crippen molar-refractivity contribution in [1.29, 1.82) is 0 Å². The van der Waals surface area contributed by atoms with Crippen LogP contribution in [0.2, 0.25) is 0 Å². The summed E-state index contributed by atoms with van der Waals surface area (Å²) < 4.78 is 17.7. The van der Waals surface area contributed by atoms with Crippen molar-refractivity contribution in [3.63, 3.8) is 0 Å². The van der Waals surface area contributed by atoms with Crippen molar-refractivity contribution in [1.82, 2.24) is 0 Å². The number of ether oxygens (including phenoxy) is 2. The van der Waals surface area contributed by atoms with Gasteiger partial charge in [-0.25, -0.2) is 4.79 Å². The normalized spacial score (nSPS) is 53.4. The Labute approximate surface area is 189 Å². The number of rotatable bonds is 1. The van der Waals surface area contributed by atoms with E-state index in [2.05, 4.69) is 34.6 Å². The number of carbonyl (C=O) groups excluding carboxylic acids is 2. The summed E-state index contributed by atoms with van der Waals surface area (Å²) >= 11 is 0. The molecule has 9 atom stereocenters. The molecule has 1 N–H and O–H groups in total. The lowest BCUT2D eigenvalue weighted by Crippen LogP contribution is -2.72. The molecule has 2 saturated heterocycles. The predicted molar refractivity (Wildman–Crippen MR) is 114 cm³/mol. The summed E-state index contributed by atoms with van der Waals surface area (Å²) in [5, 5.41) is 11.8. The molecule has 3 aliphatic carbocycles. The number of aliphatic hydroxyl groups excluding tert-OH is 1. The molecule has 6 nitrogen and oxygen atoms in total. The number of aliphatic hydroxyl groups is 1. The van der Waals surface area contributed by atoms with Gasteiger partial charge >= 0.3 is 5.97 Å². The third-order valence-corrected chi connectivity index (χ3v) is 11.0. The first kappa shape index (κ1) is 20.9. The molecule has 32 heavy (non-hydrogen) atoms. The lowest BCUT2D eigenvalue weighted by atomic mass is 9.35. The number of cyclic esters (lactones) is 1. The number of Topliss-reactive ketones (excluding diaryl/α,β-unsaturated/α-hetero) is 1. The zero-order chi connectivity index (χ0) is 22.9. The van der Waals surface area contributed by atoms with E-state index in [0.29, 0.717) is 18.6 Å². The second-order valence-corrected chi connectivity index (χ2v) is 12.4. The second-order valence-electron chi connectivity index (χ2n) is 12.4. The molecule has 3 heterocycles. The van der Waals surface area contributed by atoms with Gasteiger partial charge in [-0.3, -0.25) is 4.79 Å². The maximum Gasteiger partial charge on any atom is 0.339 e. The van der Waals surface area contributed by atoms with E-state index in [4.69, 9.17) is 13.9 Å². The summed E-state index contributed by atoms with van der Waals surface area (Å²) in [6, 6.07) is 1.86. The number of fused-ring (bicyclic) bond motifs is 3. The molecule has 5 aliphatic rings. The van der Waals surface area contributed by atoms with Gasteiger partial charge in [0.05, 0.1) is 18.6 Å². The molecule has 3 saturated carbocycles. The van der Waals surface area contributed by atoms with Crippen LogP contribution in [-0.4, -0.2) is 34.7 Å². The monoisotopic (exact) mass is 442 g/mol. The highest BCUT2D eigenvalue weighted by Crippen LogP contribution is 2.79. The van der Waals surface area contributed by atoms with Gasteiger partial charge in [0.1, 0.15) is 17.5 Å². The fourth-order valence-electron chi connectivity index (χ4n) is 9.35. The van der Waals surface area contributed by atoms with Gasteiger partial charge in [-0.1, -0.05) is 34.6 Å². The molecule has 0 radical (unpaired) electrons. The molecule has 6 heteroatoms. The van der Waals surface area contributed by atoms with Gasteiger partial charge in [0, 0.05) is 28.2 Å². The molecule has 1 aromatic rings. The van der Waals surface area contributed by atoms with Crippen molar-refractivity contribution in [2.75, 3.05) is 0 Å². The SMILES string of the molecule is CC1(C)C(=O)CCC2(C)C1CC(O)C1(C)C2CCC2(C)C(c3ccoc3)OC(=O)C3OC321. The summed E-state index contributed by atoms with van der Waals surface area (Å²) in [6.45, 7) is 10.7. The maximum atomic E-state index is 13.1. The second kappa shape index (κ2) is 5.87. The van der Waals surface area contributed by atoms with Gasteiger partial charge in [0.25, 0.3) is 0 Å².